The zero-order chi connectivity index (χ0) is 9.97. The second kappa shape index (κ2) is 4.45. The Morgan fingerprint density at radius 3 is 2.93 bits per heavy atom. The van der Waals surface area contributed by atoms with Gasteiger partial charge >= 0.3 is 0 Å². The summed E-state index contributed by atoms with van der Waals surface area (Å²) in [7, 11) is 0. The van der Waals surface area contributed by atoms with Crippen LogP contribution in [0, 0.1) is 5.92 Å². The molecule has 1 saturated carbocycles. The van der Waals surface area contributed by atoms with E-state index in [0.29, 0.717) is 6.04 Å². The first-order valence-corrected chi connectivity index (χ1v) is 6.43. The van der Waals surface area contributed by atoms with Gasteiger partial charge in [-0.25, -0.2) is 0 Å². The van der Waals surface area contributed by atoms with Crippen molar-refractivity contribution in [3.05, 3.63) is 22.4 Å². The number of nitrogens with one attached hydrogen (secondary N) is 1. The Bertz CT molecular complexity index is 268. The number of rotatable bonds is 3. The van der Waals surface area contributed by atoms with Crippen LogP contribution in [0.15, 0.2) is 17.5 Å². The Balaban J connectivity index is 1.86. The lowest BCUT2D eigenvalue weighted by Gasteiger charge is -2.18. The van der Waals surface area contributed by atoms with Crippen molar-refractivity contribution < 1.29 is 0 Å². The van der Waals surface area contributed by atoms with E-state index in [1.54, 1.807) is 0 Å². The third-order valence-corrected chi connectivity index (χ3v) is 4.21. The second-order valence-electron chi connectivity index (χ2n) is 4.52. The fourth-order valence-electron chi connectivity index (χ4n) is 2.33. The maximum atomic E-state index is 3.72. The smallest absolute Gasteiger partial charge is 0.0388 e. The summed E-state index contributed by atoms with van der Waals surface area (Å²) in [6.45, 7) is 4.63. The first kappa shape index (κ1) is 10.2. The van der Waals surface area contributed by atoms with E-state index in [1.807, 2.05) is 11.3 Å². The molecule has 1 aliphatic rings. The summed E-state index contributed by atoms with van der Waals surface area (Å²) < 4.78 is 0. The molecule has 0 radical (unpaired) electrons. The van der Waals surface area contributed by atoms with Gasteiger partial charge < -0.3 is 5.32 Å². The minimum Gasteiger partial charge on any atom is -0.307 e. The Morgan fingerprint density at radius 2 is 2.36 bits per heavy atom. The molecule has 0 aliphatic heterocycles. The highest BCUT2D eigenvalue weighted by atomic mass is 32.1. The summed E-state index contributed by atoms with van der Waals surface area (Å²) in [5, 5.41) is 5.88. The van der Waals surface area contributed by atoms with Crippen molar-refractivity contribution in [1.82, 2.24) is 5.32 Å². The summed E-state index contributed by atoms with van der Waals surface area (Å²) in [6.07, 6.45) is 4.11. The van der Waals surface area contributed by atoms with Gasteiger partial charge in [-0.05, 0) is 43.6 Å². The molecule has 1 aliphatic carbocycles. The summed E-state index contributed by atoms with van der Waals surface area (Å²) in [5.41, 5.74) is 0. The van der Waals surface area contributed by atoms with E-state index in [0.717, 1.165) is 12.0 Å². The van der Waals surface area contributed by atoms with Crippen LogP contribution in [0.25, 0.3) is 0 Å². The van der Waals surface area contributed by atoms with E-state index < -0.39 is 0 Å². The number of thiophene rings is 1. The Labute approximate surface area is 90.5 Å². The zero-order valence-corrected chi connectivity index (χ0v) is 9.81. The molecule has 2 unspecified atom stereocenters. The van der Waals surface area contributed by atoms with E-state index >= 15 is 0 Å². The van der Waals surface area contributed by atoms with Gasteiger partial charge in [-0.15, -0.1) is 11.3 Å². The maximum Gasteiger partial charge on any atom is 0.0388 e. The van der Waals surface area contributed by atoms with Crippen LogP contribution in [0.4, 0.5) is 0 Å². The molecule has 0 bridgehead atoms. The molecule has 14 heavy (non-hydrogen) atoms. The molecule has 1 aromatic rings. The minimum absolute atomic E-state index is 0.533. The van der Waals surface area contributed by atoms with Gasteiger partial charge in [-0.2, -0.15) is 0 Å². The molecule has 1 nitrogen and oxygen atoms in total. The molecule has 0 saturated heterocycles. The third-order valence-electron chi connectivity index (χ3n) is 3.15. The fraction of sp³-hybridized carbons (Fsp3) is 0.667. The van der Waals surface area contributed by atoms with Crippen LogP contribution in [0.1, 0.15) is 44.0 Å². The molecular formula is C12H19NS. The first-order valence-electron chi connectivity index (χ1n) is 5.55. The SMILES string of the molecule is CC1CCC(N[C@@H](C)c2cccs2)C1. The highest BCUT2D eigenvalue weighted by molar-refractivity contribution is 7.10. The van der Waals surface area contributed by atoms with Gasteiger partial charge in [0.15, 0.2) is 0 Å². The molecule has 0 spiro atoms. The van der Waals surface area contributed by atoms with E-state index in [9.17, 15) is 0 Å². The summed E-state index contributed by atoms with van der Waals surface area (Å²) in [5.74, 6) is 0.919. The van der Waals surface area contributed by atoms with E-state index in [4.69, 9.17) is 0 Å². The van der Waals surface area contributed by atoms with E-state index in [2.05, 4.69) is 36.7 Å². The van der Waals surface area contributed by atoms with Crippen molar-refractivity contribution in [1.29, 1.82) is 0 Å². The summed E-state index contributed by atoms with van der Waals surface area (Å²) in [6, 6.07) is 5.64. The van der Waals surface area contributed by atoms with Crippen molar-refractivity contribution >= 4 is 11.3 Å². The van der Waals surface area contributed by atoms with Gasteiger partial charge in [0.25, 0.3) is 0 Å². The predicted molar refractivity (Wildman–Crippen MR) is 62.7 cm³/mol. The van der Waals surface area contributed by atoms with Crippen molar-refractivity contribution in [2.45, 2.75) is 45.2 Å². The van der Waals surface area contributed by atoms with Crippen molar-refractivity contribution in [2.75, 3.05) is 0 Å². The van der Waals surface area contributed by atoms with Gasteiger partial charge in [-0.3, -0.25) is 0 Å². The molecule has 1 N–H and O–H groups in total. The van der Waals surface area contributed by atoms with Gasteiger partial charge in [-0.1, -0.05) is 13.0 Å². The van der Waals surface area contributed by atoms with Gasteiger partial charge in [0.1, 0.15) is 0 Å². The standard InChI is InChI=1S/C12H19NS/c1-9-5-6-11(8-9)13-10(2)12-4-3-7-14-12/h3-4,7,9-11,13H,5-6,8H2,1-2H3/t9?,10-,11?/m0/s1. The molecule has 1 aromatic heterocycles. The molecule has 1 heterocycles. The lowest BCUT2D eigenvalue weighted by molar-refractivity contribution is 0.453. The van der Waals surface area contributed by atoms with Gasteiger partial charge in [0.05, 0.1) is 0 Å². The Hall–Kier alpha value is -0.340. The van der Waals surface area contributed by atoms with Crippen LogP contribution < -0.4 is 5.32 Å². The van der Waals surface area contributed by atoms with Crippen LogP contribution in [-0.2, 0) is 0 Å². The monoisotopic (exact) mass is 209 g/mol. The average Bonchev–Trinajstić information content (AvgIpc) is 2.75. The quantitative estimate of drug-likeness (QED) is 0.802. The highest BCUT2D eigenvalue weighted by Crippen LogP contribution is 2.27. The summed E-state index contributed by atoms with van der Waals surface area (Å²) in [4.78, 5) is 1.46. The Morgan fingerprint density at radius 1 is 1.50 bits per heavy atom. The topological polar surface area (TPSA) is 12.0 Å². The van der Waals surface area contributed by atoms with Crippen molar-refractivity contribution in [3.63, 3.8) is 0 Å². The van der Waals surface area contributed by atoms with Crippen LogP contribution in [0.3, 0.4) is 0 Å². The normalized spacial score (nSPS) is 29.3. The third kappa shape index (κ3) is 2.37. The molecule has 0 amide bonds. The second-order valence-corrected chi connectivity index (χ2v) is 5.50. The van der Waals surface area contributed by atoms with Crippen LogP contribution in [-0.4, -0.2) is 6.04 Å². The largest absolute Gasteiger partial charge is 0.307 e. The van der Waals surface area contributed by atoms with Crippen LogP contribution >= 0.6 is 11.3 Å². The van der Waals surface area contributed by atoms with Crippen LogP contribution in [0.5, 0.6) is 0 Å². The van der Waals surface area contributed by atoms with E-state index in [-0.39, 0.29) is 0 Å². The predicted octanol–water partition coefficient (Wildman–Crippen LogP) is 3.59. The maximum absolute atomic E-state index is 3.72. The molecule has 2 heteroatoms. The lowest BCUT2D eigenvalue weighted by atomic mass is 10.1. The molecule has 1 fully saturated rings. The molecular weight excluding hydrogens is 190 g/mol. The summed E-state index contributed by atoms with van der Waals surface area (Å²) >= 11 is 1.85. The molecule has 78 valence electrons. The van der Waals surface area contributed by atoms with Crippen LogP contribution in [0.2, 0.25) is 0 Å². The van der Waals surface area contributed by atoms with Gasteiger partial charge in [0, 0.05) is 17.0 Å². The molecule has 0 aromatic carbocycles. The first-order chi connectivity index (χ1) is 6.75. The number of hydrogen-bond acceptors (Lipinski definition) is 2. The van der Waals surface area contributed by atoms with E-state index in [1.165, 1.54) is 24.1 Å². The average molecular weight is 209 g/mol. The fourth-order valence-corrected chi connectivity index (χ4v) is 3.08. The zero-order valence-electron chi connectivity index (χ0n) is 8.99. The number of hydrogen-bond donors (Lipinski definition) is 1. The van der Waals surface area contributed by atoms with Crippen molar-refractivity contribution in [3.8, 4) is 0 Å². The Kier molecular flexibility index (Phi) is 3.24. The minimum atomic E-state index is 0.533. The molecule has 3 atom stereocenters. The van der Waals surface area contributed by atoms with Crippen molar-refractivity contribution in [2.24, 2.45) is 5.92 Å². The lowest BCUT2D eigenvalue weighted by Crippen LogP contribution is -2.28. The van der Waals surface area contributed by atoms with Gasteiger partial charge in [0.2, 0.25) is 0 Å². The highest BCUT2D eigenvalue weighted by Gasteiger charge is 2.22. The molecule has 2 rings (SSSR count).